The average Bonchev–Trinajstić information content (AvgIpc) is 2.67. The zero-order valence-electron chi connectivity index (χ0n) is 14.9. The summed E-state index contributed by atoms with van der Waals surface area (Å²) in [6, 6.07) is 17.1. The molecule has 0 fully saturated rings. The average molecular weight is 363 g/mol. The minimum atomic E-state index is -1.31. The molecule has 3 aromatic carbocycles. The molecule has 5 heteroatoms. The molecule has 0 bridgehead atoms. The van der Waals surface area contributed by atoms with Gasteiger partial charge in [0, 0.05) is 5.57 Å². The minimum absolute atomic E-state index is 0.0551. The fourth-order valence-corrected chi connectivity index (χ4v) is 2.83. The van der Waals surface area contributed by atoms with Crippen LogP contribution in [0, 0.1) is 5.82 Å². The summed E-state index contributed by atoms with van der Waals surface area (Å²) >= 11 is 0. The second-order valence-corrected chi connectivity index (χ2v) is 6.26. The van der Waals surface area contributed by atoms with Crippen LogP contribution in [0.25, 0.3) is 16.3 Å². The number of anilines is 1. The second kappa shape index (κ2) is 7.41. The van der Waals surface area contributed by atoms with Gasteiger partial charge >= 0.3 is 5.97 Å². The molecule has 0 saturated carbocycles. The van der Waals surface area contributed by atoms with Gasteiger partial charge in [0.2, 0.25) is 0 Å². The number of fused-ring (bicyclic) bond motifs is 1. The minimum Gasteiger partial charge on any atom is -0.478 e. The highest BCUT2D eigenvalue weighted by Crippen LogP contribution is 2.25. The van der Waals surface area contributed by atoms with E-state index < -0.39 is 17.7 Å². The Morgan fingerprint density at radius 2 is 1.63 bits per heavy atom. The van der Waals surface area contributed by atoms with Gasteiger partial charge in [0.25, 0.3) is 5.91 Å². The van der Waals surface area contributed by atoms with E-state index in [-0.39, 0.29) is 11.3 Å². The van der Waals surface area contributed by atoms with Crippen molar-refractivity contribution in [3.05, 3.63) is 83.2 Å². The summed E-state index contributed by atoms with van der Waals surface area (Å²) in [5.41, 5.74) is 1.89. The van der Waals surface area contributed by atoms with Crippen molar-refractivity contribution in [1.82, 2.24) is 0 Å². The van der Waals surface area contributed by atoms with E-state index >= 15 is 0 Å². The van der Waals surface area contributed by atoms with Crippen LogP contribution in [0.1, 0.15) is 29.8 Å². The van der Waals surface area contributed by atoms with Gasteiger partial charge in [0.15, 0.2) is 0 Å². The Morgan fingerprint density at radius 1 is 0.926 bits per heavy atom. The molecule has 136 valence electrons. The van der Waals surface area contributed by atoms with Crippen LogP contribution in [-0.4, -0.2) is 17.0 Å². The zero-order valence-corrected chi connectivity index (χ0v) is 14.9. The zero-order chi connectivity index (χ0) is 19.6. The van der Waals surface area contributed by atoms with Crippen LogP contribution >= 0.6 is 0 Å². The number of hydrogen-bond donors (Lipinski definition) is 2. The molecule has 0 aliphatic heterocycles. The van der Waals surface area contributed by atoms with Crippen LogP contribution in [0.3, 0.4) is 0 Å². The molecule has 0 spiro atoms. The van der Waals surface area contributed by atoms with E-state index in [1.807, 2.05) is 49.4 Å². The first kappa shape index (κ1) is 18.3. The van der Waals surface area contributed by atoms with Crippen molar-refractivity contribution in [3.8, 4) is 0 Å². The normalized spacial score (nSPS) is 11.8. The standard InChI is InChI=1S/C22H18FNO3/c1-13(16-8-7-15-5-3-4-6-17(15)11-16)14(2)21(25)24-20-10-9-18(23)12-19(20)22(26)27/h3-12H,1-2H3,(H,24,25)(H,26,27). The molecule has 0 aliphatic carbocycles. The van der Waals surface area contributed by atoms with Crippen molar-refractivity contribution < 1.29 is 19.1 Å². The van der Waals surface area contributed by atoms with E-state index in [1.165, 1.54) is 6.07 Å². The Kier molecular flexibility index (Phi) is 5.03. The SMILES string of the molecule is CC(C(=O)Nc1ccc(F)cc1C(=O)O)=C(C)c1ccc2ccccc2c1. The largest absolute Gasteiger partial charge is 0.478 e. The summed E-state index contributed by atoms with van der Waals surface area (Å²) < 4.78 is 13.3. The van der Waals surface area contributed by atoms with E-state index in [2.05, 4.69) is 5.32 Å². The van der Waals surface area contributed by atoms with Crippen LogP contribution in [0.15, 0.2) is 66.2 Å². The maximum Gasteiger partial charge on any atom is 0.337 e. The third-order valence-electron chi connectivity index (χ3n) is 4.55. The third-order valence-corrected chi connectivity index (χ3v) is 4.55. The summed E-state index contributed by atoms with van der Waals surface area (Å²) in [6.07, 6.45) is 0. The number of aromatic carboxylic acids is 1. The van der Waals surface area contributed by atoms with Gasteiger partial charge in [0.05, 0.1) is 11.3 Å². The first-order chi connectivity index (χ1) is 12.9. The van der Waals surface area contributed by atoms with E-state index in [4.69, 9.17) is 0 Å². The predicted octanol–water partition coefficient (Wildman–Crippen LogP) is 5.11. The van der Waals surface area contributed by atoms with Crippen molar-refractivity contribution in [1.29, 1.82) is 0 Å². The van der Waals surface area contributed by atoms with E-state index in [0.717, 1.165) is 34.0 Å². The quantitative estimate of drug-likeness (QED) is 0.633. The highest BCUT2D eigenvalue weighted by Gasteiger charge is 2.16. The van der Waals surface area contributed by atoms with E-state index in [1.54, 1.807) is 6.92 Å². The monoisotopic (exact) mass is 363 g/mol. The van der Waals surface area contributed by atoms with Gasteiger partial charge < -0.3 is 10.4 Å². The molecule has 3 rings (SSSR count). The van der Waals surface area contributed by atoms with Gasteiger partial charge in [0.1, 0.15) is 5.82 Å². The van der Waals surface area contributed by atoms with Crippen LogP contribution in [-0.2, 0) is 4.79 Å². The van der Waals surface area contributed by atoms with Gasteiger partial charge in [-0.05, 0) is 60.0 Å². The molecule has 2 N–H and O–H groups in total. The fraction of sp³-hybridized carbons (Fsp3) is 0.0909. The van der Waals surface area contributed by atoms with E-state index in [9.17, 15) is 19.1 Å². The summed E-state index contributed by atoms with van der Waals surface area (Å²) in [6.45, 7) is 3.51. The maximum atomic E-state index is 13.3. The Morgan fingerprint density at radius 3 is 2.33 bits per heavy atom. The molecule has 27 heavy (non-hydrogen) atoms. The number of carboxylic acids is 1. The lowest BCUT2D eigenvalue weighted by Gasteiger charge is -2.12. The number of hydrogen-bond acceptors (Lipinski definition) is 2. The summed E-state index contributed by atoms with van der Waals surface area (Å²) in [5.74, 6) is -2.42. The molecule has 0 aliphatic rings. The van der Waals surface area contributed by atoms with Gasteiger partial charge in [-0.2, -0.15) is 0 Å². The number of carbonyl (C=O) groups excluding carboxylic acids is 1. The van der Waals surface area contributed by atoms with Crippen molar-refractivity contribution in [2.75, 3.05) is 5.32 Å². The number of carboxylic acid groups (broad SMARTS) is 1. The first-order valence-electron chi connectivity index (χ1n) is 8.37. The second-order valence-electron chi connectivity index (χ2n) is 6.26. The Hall–Kier alpha value is -3.47. The maximum absolute atomic E-state index is 13.3. The molecular weight excluding hydrogens is 345 g/mol. The van der Waals surface area contributed by atoms with Gasteiger partial charge in [-0.15, -0.1) is 0 Å². The molecule has 3 aromatic rings. The number of rotatable bonds is 4. The number of halogens is 1. The molecule has 4 nitrogen and oxygen atoms in total. The fourth-order valence-electron chi connectivity index (χ4n) is 2.83. The van der Waals surface area contributed by atoms with Crippen molar-refractivity contribution in [3.63, 3.8) is 0 Å². The summed E-state index contributed by atoms with van der Waals surface area (Å²) in [7, 11) is 0. The summed E-state index contributed by atoms with van der Waals surface area (Å²) in [5, 5.41) is 13.9. The molecule has 0 atom stereocenters. The first-order valence-corrected chi connectivity index (χ1v) is 8.37. The van der Waals surface area contributed by atoms with Crippen LogP contribution in [0.2, 0.25) is 0 Å². The van der Waals surface area contributed by atoms with E-state index in [0.29, 0.717) is 5.57 Å². The molecule has 0 saturated heterocycles. The van der Waals surface area contributed by atoms with Crippen LogP contribution < -0.4 is 5.32 Å². The smallest absolute Gasteiger partial charge is 0.337 e. The van der Waals surface area contributed by atoms with Crippen molar-refractivity contribution >= 4 is 33.9 Å². The van der Waals surface area contributed by atoms with Crippen LogP contribution in [0.5, 0.6) is 0 Å². The number of benzene rings is 3. The molecule has 0 aromatic heterocycles. The topological polar surface area (TPSA) is 66.4 Å². The molecule has 0 unspecified atom stereocenters. The highest BCUT2D eigenvalue weighted by molar-refractivity contribution is 6.10. The van der Waals surface area contributed by atoms with Gasteiger partial charge in [-0.3, -0.25) is 4.79 Å². The molecule has 0 heterocycles. The predicted molar refractivity (Wildman–Crippen MR) is 104 cm³/mol. The lowest BCUT2D eigenvalue weighted by atomic mass is 9.98. The lowest BCUT2D eigenvalue weighted by molar-refractivity contribution is -0.112. The highest BCUT2D eigenvalue weighted by atomic mass is 19.1. The lowest BCUT2D eigenvalue weighted by Crippen LogP contribution is -2.16. The Labute approximate surface area is 156 Å². The molecular formula is C22H18FNO3. The van der Waals surface area contributed by atoms with Crippen molar-refractivity contribution in [2.24, 2.45) is 0 Å². The number of nitrogens with one attached hydrogen (secondary N) is 1. The Balaban J connectivity index is 1.92. The number of carbonyl (C=O) groups is 2. The van der Waals surface area contributed by atoms with Gasteiger partial charge in [-0.1, -0.05) is 36.4 Å². The molecule has 0 radical (unpaired) electrons. The number of amides is 1. The van der Waals surface area contributed by atoms with Crippen molar-refractivity contribution in [2.45, 2.75) is 13.8 Å². The third kappa shape index (κ3) is 3.87. The van der Waals surface area contributed by atoms with Gasteiger partial charge in [-0.25, -0.2) is 9.18 Å². The molecule has 1 amide bonds. The van der Waals surface area contributed by atoms with Crippen LogP contribution in [0.4, 0.5) is 10.1 Å². The number of allylic oxidation sites excluding steroid dienone is 1. The summed E-state index contributed by atoms with van der Waals surface area (Å²) in [4.78, 5) is 23.9. The Bertz CT molecular complexity index is 1090.